The van der Waals surface area contributed by atoms with Crippen molar-refractivity contribution in [1.82, 2.24) is 10.0 Å². The summed E-state index contributed by atoms with van der Waals surface area (Å²) in [5, 5.41) is 2.83. The third-order valence-electron chi connectivity index (χ3n) is 3.41. The van der Waals surface area contributed by atoms with Crippen LogP contribution < -0.4 is 10.0 Å². The average Bonchev–Trinajstić information content (AvgIpc) is 2.85. The van der Waals surface area contributed by atoms with Crippen molar-refractivity contribution in [2.45, 2.75) is 43.2 Å². The molecule has 0 heterocycles. The van der Waals surface area contributed by atoms with E-state index < -0.39 is 15.8 Å². The maximum absolute atomic E-state index is 14.3. The summed E-state index contributed by atoms with van der Waals surface area (Å²) < 4.78 is 42.1. The SMILES string of the molecule is CNCc1cc(Br)cc(S(=O)(=O)NC2CCCC2)c1F. The number of hydrogen-bond acceptors (Lipinski definition) is 3. The van der Waals surface area contributed by atoms with Gasteiger partial charge in [-0.05, 0) is 32.0 Å². The predicted octanol–water partition coefficient (Wildman–Crippen LogP) is 2.53. The molecule has 4 nitrogen and oxygen atoms in total. The number of hydrogen-bond donors (Lipinski definition) is 2. The Morgan fingerprint density at radius 2 is 2.00 bits per heavy atom. The van der Waals surface area contributed by atoms with Crippen LogP contribution in [0.15, 0.2) is 21.5 Å². The van der Waals surface area contributed by atoms with Crippen molar-refractivity contribution >= 4 is 26.0 Å². The van der Waals surface area contributed by atoms with Crippen LogP contribution in [0, 0.1) is 5.82 Å². The number of benzene rings is 1. The van der Waals surface area contributed by atoms with Crippen LogP contribution in [0.4, 0.5) is 4.39 Å². The van der Waals surface area contributed by atoms with Crippen molar-refractivity contribution in [1.29, 1.82) is 0 Å². The smallest absolute Gasteiger partial charge is 0.243 e. The Bertz CT molecular complexity index is 586. The van der Waals surface area contributed by atoms with Crippen LogP contribution in [0.3, 0.4) is 0 Å². The zero-order chi connectivity index (χ0) is 14.8. The van der Waals surface area contributed by atoms with Gasteiger partial charge in [0.05, 0.1) is 0 Å². The van der Waals surface area contributed by atoms with E-state index in [1.807, 2.05) is 0 Å². The molecular weight excluding hydrogens is 347 g/mol. The van der Waals surface area contributed by atoms with E-state index in [-0.39, 0.29) is 17.5 Å². The summed E-state index contributed by atoms with van der Waals surface area (Å²) in [6, 6.07) is 2.82. The quantitative estimate of drug-likeness (QED) is 0.843. The van der Waals surface area contributed by atoms with Crippen molar-refractivity contribution in [2.24, 2.45) is 0 Å². The largest absolute Gasteiger partial charge is 0.316 e. The van der Waals surface area contributed by atoms with Crippen molar-refractivity contribution in [3.8, 4) is 0 Å². The van der Waals surface area contributed by atoms with Gasteiger partial charge >= 0.3 is 0 Å². The van der Waals surface area contributed by atoms with E-state index >= 15 is 0 Å². The second-order valence-electron chi connectivity index (χ2n) is 5.01. The van der Waals surface area contributed by atoms with E-state index in [0.29, 0.717) is 10.0 Å². The minimum Gasteiger partial charge on any atom is -0.316 e. The van der Waals surface area contributed by atoms with Crippen LogP contribution in [0.5, 0.6) is 0 Å². The van der Waals surface area contributed by atoms with Gasteiger partial charge in [-0.15, -0.1) is 0 Å². The average molecular weight is 365 g/mol. The first-order valence-corrected chi connectivity index (χ1v) is 8.86. The van der Waals surface area contributed by atoms with Crippen LogP contribution in [-0.2, 0) is 16.6 Å². The van der Waals surface area contributed by atoms with Crippen molar-refractivity contribution < 1.29 is 12.8 Å². The Labute approximate surface area is 127 Å². The molecule has 0 aliphatic heterocycles. The molecule has 1 aliphatic rings. The Morgan fingerprint density at radius 1 is 1.35 bits per heavy atom. The Kier molecular flexibility index (Phi) is 5.17. The normalized spacial score (nSPS) is 16.8. The zero-order valence-electron chi connectivity index (χ0n) is 11.2. The summed E-state index contributed by atoms with van der Waals surface area (Å²) in [5.41, 5.74) is 0.327. The molecule has 0 aromatic heterocycles. The van der Waals surface area contributed by atoms with Gasteiger partial charge < -0.3 is 5.32 Å². The fourth-order valence-corrected chi connectivity index (χ4v) is 4.57. The van der Waals surface area contributed by atoms with Crippen LogP contribution in [0.1, 0.15) is 31.2 Å². The van der Waals surface area contributed by atoms with E-state index in [4.69, 9.17) is 0 Å². The standard InChI is InChI=1S/C13H18BrFN2O2S/c1-16-8-9-6-10(14)7-12(13(9)15)20(18,19)17-11-4-2-3-5-11/h6-7,11,16-17H,2-5,8H2,1H3. The molecule has 1 aliphatic carbocycles. The summed E-state index contributed by atoms with van der Waals surface area (Å²) in [7, 11) is -2.13. The Morgan fingerprint density at radius 3 is 2.60 bits per heavy atom. The molecule has 2 rings (SSSR count). The highest BCUT2D eigenvalue weighted by Gasteiger charge is 2.26. The molecule has 1 aromatic rings. The van der Waals surface area contributed by atoms with Gasteiger partial charge in [0.15, 0.2) is 0 Å². The lowest BCUT2D eigenvalue weighted by Crippen LogP contribution is -2.33. The lowest BCUT2D eigenvalue weighted by molar-refractivity contribution is 0.530. The fourth-order valence-electron chi connectivity index (χ4n) is 2.46. The first-order valence-electron chi connectivity index (χ1n) is 6.59. The Balaban J connectivity index is 2.34. The van der Waals surface area contributed by atoms with Gasteiger partial charge in [-0.25, -0.2) is 17.5 Å². The first kappa shape index (κ1) is 15.9. The number of halogens is 2. The Hall–Kier alpha value is -0.500. The molecule has 1 saturated carbocycles. The summed E-state index contributed by atoms with van der Waals surface area (Å²) in [6.45, 7) is 0.275. The molecule has 0 atom stereocenters. The number of sulfonamides is 1. The van der Waals surface area contributed by atoms with E-state index in [9.17, 15) is 12.8 Å². The molecule has 7 heteroatoms. The van der Waals surface area contributed by atoms with Crippen LogP contribution >= 0.6 is 15.9 Å². The van der Waals surface area contributed by atoms with E-state index in [0.717, 1.165) is 25.7 Å². The molecule has 2 N–H and O–H groups in total. The van der Waals surface area contributed by atoms with E-state index in [2.05, 4.69) is 26.0 Å². The van der Waals surface area contributed by atoms with E-state index in [1.165, 1.54) is 6.07 Å². The topological polar surface area (TPSA) is 58.2 Å². The van der Waals surface area contributed by atoms with Crippen molar-refractivity contribution in [3.05, 3.63) is 28.0 Å². The maximum atomic E-state index is 14.3. The fraction of sp³-hybridized carbons (Fsp3) is 0.538. The minimum atomic E-state index is -3.82. The summed E-state index contributed by atoms with van der Waals surface area (Å²) >= 11 is 3.24. The molecule has 0 saturated heterocycles. The molecule has 0 unspecified atom stereocenters. The highest BCUT2D eigenvalue weighted by molar-refractivity contribution is 9.10. The highest BCUT2D eigenvalue weighted by Crippen LogP contribution is 2.26. The third-order valence-corrected chi connectivity index (χ3v) is 5.39. The molecule has 0 spiro atoms. The molecule has 0 bridgehead atoms. The molecule has 0 amide bonds. The van der Waals surface area contributed by atoms with Gasteiger partial charge in [0.25, 0.3) is 0 Å². The summed E-state index contributed by atoms with van der Waals surface area (Å²) in [4.78, 5) is -0.288. The molecule has 0 radical (unpaired) electrons. The molecule has 1 aromatic carbocycles. The van der Waals surface area contributed by atoms with E-state index in [1.54, 1.807) is 13.1 Å². The van der Waals surface area contributed by atoms with Crippen LogP contribution in [0.25, 0.3) is 0 Å². The molecule has 20 heavy (non-hydrogen) atoms. The van der Waals surface area contributed by atoms with Crippen molar-refractivity contribution in [3.63, 3.8) is 0 Å². The summed E-state index contributed by atoms with van der Waals surface area (Å²) in [6.07, 6.45) is 3.66. The zero-order valence-corrected chi connectivity index (χ0v) is 13.7. The van der Waals surface area contributed by atoms with Gasteiger partial charge in [-0.2, -0.15) is 0 Å². The minimum absolute atomic E-state index is 0.0777. The van der Waals surface area contributed by atoms with Gasteiger partial charge in [-0.1, -0.05) is 28.8 Å². The van der Waals surface area contributed by atoms with Gasteiger partial charge in [-0.3, -0.25) is 0 Å². The molecule has 112 valence electrons. The number of rotatable bonds is 5. The van der Waals surface area contributed by atoms with Gasteiger partial charge in [0.2, 0.25) is 10.0 Å². The van der Waals surface area contributed by atoms with Gasteiger partial charge in [0.1, 0.15) is 10.7 Å². The van der Waals surface area contributed by atoms with Crippen molar-refractivity contribution in [2.75, 3.05) is 7.05 Å². The maximum Gasteiger partial charge on any atom is 0.243 e. The lowest BCUT2D eigenvalue weighted by Gasteiger charge is -2.15. The van der Waals surface area contributed by atoms with Gasteiger partial charge in [0, 0.05) is 22.6 Å². The molecule has 1 fully saturated rings. The predicted molar refractivity (Wildman–Crippen MR) is 79.4 cm³/mol. The highest BCUT2D eigenvalue weighted by atomic mass is 79.9. The summed E-state index contributed by atoms with van der Waals surface area (Å²) in [5.74, 6) is -0.687. The second-order valence-corrected chi connectivity index (χ2v) is 7.61. The molecular formula is C13H18BrFN2O2S. The lowest BCUT2D eigenvalue weighted by atomic mass is 10.2. The van der Waals surface area contributed by atoms with Crippen LogP contribution in [-0.4, -0.2) is 21.5 Å². The second kappa shape index (κ2) is 6.51. The number of nitrogens with one attached hydrogen (secondary N) is 2. The van der Waals surface area contributed by atoms with Crippen LogP contribution in [0.2, 0.25) is 0 Å². The third kappa shape index (κ3) is 3.58. The first-order chi connectivity index (χ1) is 9.44. The monoisotopic (exact) mass is 364 g/mol.